The summed E-state index contributed by atoms with van der Waals surface area (Å²) in [6, 6.07) is 8.88. The second-order valence-electron chi connectivity index (χ2n) is 19.5. The molecular weight excluding hydrogens is 765 g/mol. The van der Waals surface area contributed by atoms with Crippen molar-refractivity contribution in [2.45, 2.75) is 206 Å². The Bertz CT molecular complexity index is 2190. The molecule has 0 unspecified atom stereocenters. The second kappa shape index (κ2) is 19.9. The molecule has 7 rings (SSSR count). The number of primary amides is 2. The van der Waals surface area contributed by atoms with Gasteiger partial charge in [0, 0.05) is 22.1 Å². The van der Waals surface area contributed by atoms with E-state index in [2.05, 4.69) is 75.8 Å². The molecule has 0 saturated heterocycles. The molecule has 2 amide bonds. The van der Waals surface area contributed by atoms with Crippen molar-refractivity contribution in [3.05, 3.63) is 69.3 Å². The molecule has 2 aliphatic heterocycles. The van der Waals surface area contributed by atoms with Crippen LogP contribution in [0.15, 0.2) is 24.3 Å². The van der Waals surface area contributed by atoms with Gasteiger partial charge in [0.15, 0.2) is 0 Å². The predicted octanol–water partition coefficient (Wildman–Crippen LogP) is 13.7. The minimum absolute atomic E-state index is 0.228. The van der Waals surface area contributed by atoms with E-state index in [0.29, 0.717) is 0 Å². The van der Waals surface area contributed by atoms with Gasteiger partial charge in [-0.25, -0.2) is 9.97 Å². The number of allylic oxidation sites excluding steroid dienone is 4. The van der Waals surface area contributed by atoms with E-state index in [1.165, 1.54) is 73.7 Å². The first-order valence-electron chi connectivity index (χ1n) is 24.7. The van der Waals surface area contributed by atoms with Crippen LogP contribution in [-0.4, -0.2) is 31.8 Å². The number of fused-ring (bicyclic) bond motifs is 8. The van der Waals surface area contributed by atoms with Crippen LogP contribution in [0.2, 0.25) is 0 Å². The molecule has 8 nitrogen and oxygen atoms in total. The maximum absolute atomic E-state index is 14.0. The molecule has 0 aromatic carbocycles. The van der Waals surface area contributed by atoms with Gasteiger partial charge in [0.1, 0.15) is 0 Å². The van der Waals surface area contributed by atoms with Crippen LogP contribution in [0.4, 0.5) is 0 Å². The molecule has 62 heavy (non-hydrogen) atoms. The van der Waals surface area contributed by atoms with E-state index in [4.69, 9.17) is 21.4 Å². The number of aromatic nitrogens is 4. The highest BCUT2D eigenvalue weighted by Crippen LogP contribution is 2.46. The number of rotatable bonds is 14. The standard InChI is InChI=1S/C54H76N6O2/c1-7-9-11-19-25-39-35(3)41-33-47-50(54(52(56)62)29-23-17-14-18-24-30-54)38(6)44(60-47)32-46-40(26-20-12-10-8-2)36(4)42(58-46)34-48-49(37(5)43(59-48)31-45(39)57-41)53(51(55)61)27-21-15-13-16-22-28-53/h31-34,59-60H,7-30H2,1-6H3,(H2,55,61)(H2,56,62). The second-order valence-corrected chi connectivity index (χ2v) is 19.5. The van der Waals surface area contributed by atoms with Crippen LogP contribution in [0.25, 0.3) is 44.4 Å². The van der Waals surface area contributed by atoms with Crippen LogP contribution < -0.4 is 11.5 Å². The van der Waals surface area contributed by atoms with E-state index >= 15 is 0 Å². The van der Waals surface area contributed by atoms with E-state index < -0.39 is 10.8 Å². The van der Waals surface area contributed by atoms with Crippen molar-refractivity contribution in [3.63, 3.8) is 0 Å². The average Bonchev–Trinajstić information content (AvgIpc) is 3.89. The Labute approximate surface area is 371 Å². The number of unbranched alkanes of at least 4 members (excludes halogenated alkanes) is 6. The number of hydrogen-bond donors (Lipinski definition) is 4. The molecule has 4 aliphatic rings. The minimum atomic E-state index is -0.779. The zero-order chi connectivity index (χ0) is 44.0. The lowest BCUT2D eigenvalue weighted by molar-refractivity contribution is -0.125. The van der Waals surface area contributed by atoms with Gasteiger partial charge in [-0.1, -0.05) is 117 Å². The highest BCUT2D eigenvalue weighted by Gasteiger charge is 2.43. The van der Waals surface area contributed by atoms with Crippen LogP contribution in [0.5, 0.6) is 0 Å². The van der Waals surface area contributed by atoms with Crippen LogP contribution in [0.1, 0.15) is 227 Å². The van der Waals surface area contributed by atoms with Crippen molar-refractivity contribution in [2.24, 2.45) is 11.5 Å². The van der Waals surface area contributed by atoms with E-state index in [0.717, 1.165) is 170 Å². The Balaban J connectivity index is 1.60. The third kappa shape index (κ3) is 8.99. The molecule has 0 radical (unpaired) electrons. The summed E-state index contributed by atoms with van der Waals surface area (Å²) in [7, 11) is 0. The van der Waals surface area contributed by atoms with Crippen LogP contribution in [0, 0.1) is 13.8 Å². The summed E-state index contributed by atoms with van der Waals surface area (Å²) in [5.41, 5.74) is 28.2. The highest BCUT2D eigenvalue weighted by atomic mass is 16.1. The number of carbonyl (C=O) groups is 2. The fourth-order valence-corrected chi connectivity index (χ4v) is 11.7. The quantitative estimate of drug-likeness (QED) is 0.120. The van der Waals surface area contributed by atoms with E-state index in [1.54, 1.807) is 0 Å². The average molecular weight is 841 g/mol. The number of nitrogens with two attached hydrogens (primary N) is 2. The van der Waals surface area contributed by atoms with Crippen molar-refractivity contribution >= 4 is 56.2 Å². The molecule has 2 aliphatic carbocycles. The Morgan fingerprint density at radius 2 is 0.839 bits per heavy atom. The molecule has 2 fully saturated rings. The third-order valence-corrected chi connectivity index (χ3v) is 15.4. The summed E-state index contributed by atoms with van der Waals surface area (Å²) in [5, 5.41) is 0. The summed E-state index contributed by atoms with van der Waals surface area (Å²) in [5.74, 6) is -0.456. The predicted molar refractivity (Wildman–Crippen MR) is 259 cm³/mol. The number of H-pyrrole nitrogens is 2. The molecule has 3 aromatic rings. The zero-order valence-corrected chi connectivity index (χ0v) is 39.1. The van der Waals surface area contributed by atoms with E-state index in [1.807, 2.05) is 0 Å². The largest absolute Gasteiger partial charge is 0.369 e. The molecule has 3 aromatic heterocycles. The molecule has 334 valence electrons. The molecule has 0 atom stereocenters. The minimum Gasteiger partial charge on any atom is -0.369 e. The fraction of sp³-hybridized carbons (Fsp3) is 0.593. The summed E-state index contributed by atoms with van der Waals surface area (Å²) in [6.07, 6.45) is 24.8. The lowest BCUT2D eigenvalue weighted by atomic mass is 9.69. The van der Waals surface area contributed by atoms with Crippen molar-refractivity contribution < 1.29 is 9.59 Å². The van der Waals surface area contributed by atoms with Crippen molar-refractivity contribution in [1.29, 1.82) is 0 Å². The van der Waals surface area contributed by atoms with Crippen molar-refractivity contribution in [3.8, 4) is 0 Å². The summed E-state index contributed by atoms with van der Waals surface area (Å²) in [6.45, 7) is 13.3. The van der Waals surface area contributed by atoms with Gasteiger partial charge in [-0.2, -0.15) is 0 Å². The van der Waals surface area contributed by atoms with Gasteiger partial charge in [0.05, 0.1) is 33.6 Å². The summed E-state index contributed by atoms with van der Waals surface area (Å²) in [4.78, 5) is 46.8. The maximum atomic E-state index is 14.0. The van der Waals surface area contributed by atoms with Gasteiger partial charge in [0.25, 0.3) is 0 Å². The molecule has 8 heteroatoms. The van der Waals surface area contributed by atoms with Crippen molar-refractivity contribution in [2.75, 3.05) is 0 Å². The SMILES string of the molecule is CCCCCCC1=C(C)c2cc3[nH]c(cc4nc(cc5[nH]c(cc1n2)c(C)c5C1(C(N)=O)CCCCCCC1)C(C)=C4CCCCCC)c(C)c3C1(C(N)=O)CCCCCCC1. The van der Waals surface area contributed by atoms with Gasteiger partial charge in [-0.15, -0.1) is 0 Å². The molecule has 6 N–H and O–H groups in total. The molecule has 8 bridgehead atoms. The van der Waals surface area contributed by atoms with E-state index in [-0.39, 0.29) is 11.8 Å². The highest BCUT2D eigenvalue weighted by molar-refractivity contribution is 5.98. The Morgan fingerprint density at radius 3 is 1.18 bits per heavy atom. The van der Waals surface area contributed by atoms with Crippen LogP contribution in [0.3, 0.4) is 0 Å². The first-order chi connectivity index (χ1) is 30.0. The first kappa shape index (κ1) is 45.6. The van der Waals surface area contributed by atoms with Gasteiger partial charge < -0.3 is 21.4 Å². The molecule has 0 spiro atoms. The number of aryl methyl sites for hydroxylation is 2. The Morgan fingerprint density at radius 1 is 0.500 bits per heavy atom. The molecule has 5 heterocycles. The fourth-order valence-electron chi connectivity index (χ4n) is 11.7. The normalized spacial score (nSPS) is 18.3. The smallest absolute Gasteiger partial charge is 0.228 e. The number of nitrogens with zero attached hydrogens (tertiary/aromatic N) is 2. The van der Waals surface area contributed by atoms with Gasteiger partial charge in [-0.3, -0.25) is 9.59 Å². The monoisotopic (exact) mass is 841 g/mol. The Kier molecular flexibility index (Phi) is 14.6. The topological polar surface area (TPSA) is 144 Å². The van der Waals surface area contributed by atoms with Crippen LogP contribution in [-0.2, 0) is 20.4 Å². The van der Waals surface area contributed by atoms with Gasteiger partial charge >= 0.3 is 0 Å². The number of carbonyl (C=O) groups excluding carboxylic acids is 2. The lowest BCUT2D eigenvalue weighted by Gasteiger charge is -2.33. The number of hydrogen-bond acceptors (Lipinski definition) is 4. The van der Waals surface area contributed by atoms with Crippen molar-refractivity contribution in [1.82, 2.24) is 19.9 Å². The van der Waals surface area contributed by atoms with Gasteiger partial charge in [0.2, 0.25) is 11.8 Å². The molecular formula is C54H76N6O2. The zero-order valence-electron chi connectivity index (χ0n) is 39.1. The van der Waals surface area contributed by atoms with Crippen LogP contribution >= 0.6 is 0 Å². The first-order valence-corrected chi connectivity index (χ1v) is 24.7. The summed E-state index contributed by atoms with van der Waals surface area (Å²) >= 11 is 0. The third-order valence-electron chi connectivity index (χ3n) is 15.4. The van der Waals surface area contributed by atoms with Gasteiger partial charge in [-0.05, 0) is 148 Å². The number of amides is 2. The molecule has 2 saturated carbocycles. The number of aromatic amines is 2. The summed E-state index contributed by atoms with van der Waals surface area (Å²) < 4.78 is 0. The number of nitrogens with one attached hydrogen (secondary N) is 2. The maximum Gasteiger partial charge on any atom is 0.228 e. The Hall–Kier alpha value is -4.46. The van der Waals surface area contributed by atoms with E-state index in [9.17, 15) is 9.59 Å². The lowest BCUT2D eigenvalue weighted by Crippen LogP contribution is -2.42.